The third-order valence-corrected chi connectivity index (χ3v) is 23.8. The molecule has 5 aromatic rings. The minimum atomic E-state index is -1.18. The Morgan fingerprint density at radius 1 is 0.827 bits per heavy atom. The van der Waals surface area contributed by atoms with Crippen LogP contribution in [0.4, 0.5) is 0 Å². The molecule has 11 N–H and O–H groups in total. The highest BCUT2D eigenvalue weighted by atomic mass is 33.1. The average molecular weight is 1170 g/mol. The molecule has 3 heterocycles. The summed E-state index contributed by atoms with van der Waals surface area (Å²) in [6.45, 7) is -0.142. The number of aromatic hydroxyl groups is 2. The molecule has 0 radical (unpaired) electrons. The molecule has 1 saturated carbocycles. The number of carbonyl (C=O) groups excluding carboxylic acids is 2. The largest absolute Gasteiger partial charge is 0.508 e. The van der Waals surface area contributed by atoms with E-state index >= 15 is 0 Å². The van der Waals surface area contributed by atoms with Gasteiger partial charge in [-0.05, 0) is 155 Å². The van der Waals surface area contributed by atoms with Crippen LogP contribution in [0.1, 0.15) is 129 Å². The van der Waals surface area contributed by atoms with Crippen LogP contribution in [-0.2, 0) is 36.2 Å². The minimum absolute atomic E-state index is 0.0188. The maximum Gasteiger partial charge on any atom is 0.165 e. The topological polar surface area (TPSA) is 233 Å². The number of hydrogen-bond donors (Lipinski definition) is 9. The fourth-order valence-electron chi connectivity index (χ4n) is 14.2. The summed E-state index contributed by atoms with van der Waals surface area (Å²) in [4.78, 5) is 31.9. The zero-order valence-electron chi connectivity index (χ0n) is 45.4. The van der Waals surface area contributed by atoms with E-state index in [9.17, 15) is 40.2 Å². The van der Waals surface area contributed by atoms with Crippen molar-refractivity contribution in [3.63, 3.8) is 0 Å². The molecule has 4 aromatic carbocycles. The van der Waals surface area contributed by atoms with Gasteiger partial charge in [-0.25, -0.2) is 0 Å². The number of rotatable bonds is 5. The lowest BCUT2D eigenvalue weighted by molar-refractivity contribution is -0.114. The molecule has 4 aliphatic carbocycles. The van der Waals surface area contributed by atoms with Crippen molar-refractivity contribution in [2.45, 2.75) is 111 Å². The van der Waals surface area contributed by atoms with Crippen molar-refractivity contribution < 1.29 is 45.0 Å². The third-order valence-electron chi connectivity index (χ3n) is 18.5. The number of carbonyl (C=O) groups is 2. The summed E-state index contributed by atoms with van der Waals surface area (Å²) in [6, 6.07) is 24.8. The van der Waals surface area contributed by atoms with Gasteiger partial charge in [-0.15, -0.1) is 0 Å². The number of nitrogens with one attached hydrogen (secondary N) is 1. The van der Waals surface area contributed by atoms with Crippen LogP contribution >= 0.6 is 43.2 Å². The van der Waals surface area contributed by atoms with E-state index in [0.29, 0.717) is 78.9 Å². The Balaban J connectivity index is 0.987. The summed E-state index contributed by atoms with van der Waals surface area (Å²) in [5.41, 5.74) is 20.3. The smallest absolute Gasteiger partial charge is 0.165 e. The Morgan fingerprint density at radius 2 is 1.65 bits per heavy atom. The van der Waals surface area contributed by atoms with Gasteiger partial charge in [-0.2, -0.15) is 0 Å². The molecule has 11 rings (SSSR count). The standard InChI is InChI=1S/C65H73N3O9S4/c66-63(67)53-28-41-5-3-7-57-51(17-20-68-57)60(75)30-54-52(41)29-45(53)34-78-79-36-47-31-64(19-16-48(71)12-8-38-10-14-59(74)61(23-38)77-21-18-39-9-13-58(73)55(54)22-39)37-65(47,76)62-15-11-46(64)26-43(27-49(72)32-69)42-24-40-4-1-2-6-50(40)56(33-70)44(25-42)35-80-81-62/h1-2,4,6,9-11,13-17,19-20,22-23,28-29,42-44,46-47,49,54,56,62-63,68-70,72-74,76H,7-8,12,18,21,24-27,30-37,66-67H2/b19-16+/t42-,43-,44+,46+,47+,49+,54+,56-,62-,64-,65+/m1/s1. The molecule has 13 bridgehead atoms. The Labute approximate surface area is 490 Å². The maximum atomic E-state index is 14.4. The summed E-state index contributed by atoms with van der Waals surface area (Å²) in [7, 11) is 6.81. The maximum absolute atomic E-state index is 14.4. The van der Waals surface area contributed by atoms with E-state index in [4.69, 9.17) is 16.2 Å². The molecule has 2 aliphatic heterocycles. The number of aliphatic hydroxyl groups is 4. The molecule has 1 fully saturated rings. The van der Waals surface area contributed by atoms with Crippen molar-refractivity contribution >= 4 is 54.7 Å². The van der Waals surface area contributed by atoms with Crippen molar-refractivity contribution in [3.8, 4) is 29.1 Å². The van der Waals surface area contributed by atoms with Crippen molar-refractivity contribution in [1.29, 1.82) is 0 Å². The highest BCUT2D eigenvalue weighted by molar-refractivity contribution is 8.77. The van der Waals surface area contributed by atoms with Gasteiger partial charge in [-0.3, -0.25) is 9.59 Å². The van der Waals surface area contributed by atoms with E-state index in [1.165, 1.54) is 11.1 Å². The van der Waals surface area contributed by atoms with Crippen LogP contribution in [-0.4, -0.2) is 95.5 Å². The Morgan fingerprint density at radius 3 is 2.48 bits per heavy atom. The van der Waals surface area contributed by atoms with Gasteiger partial charge < -0.3 is 51.8 Å². The fourth-order valence-corrected chi connectivity index (χ4v) is 20.0. The van der Waals surface area contributed by atoms with Gasteiger partial charge in [0.05, 0.1) is 49.4 Å². The molecule has 16 heteroatoms. The number of phenolic OH excluding ortho intramolecular Hbond substituents is 2. The number of allylic oxidation sites excluding steroid dienone is 3. The van der Waals surface area contributed by atoms with Crippen molar-refractivity contribution in [1.82, 2.24) is 4.98 Å². The molecular formula is C65H73N3O9S4. The number of benzene rings is 4. The number of aromatic nitrogens is 1. The molecule has 426 valence electrons. The van der Waals surface area contributed by atoms with E-state index in [1.54, 1.807) is 85.8 Å². The second-order valence-corrected chi connectivity index (χ2v) is 28.5. The number of aryl methyl sites for hydroxylation is 1. The number of nitrogens with two attached hydrogens (primary N) is 2. The van der Waals surface area contributed by atoms with Crippen LogP contribution in [0.2, 0.25) is 0 Å². The van der Waals surface area contributed by atoms with Crippen LogP contribution < -0.4 is 16.2 Å². The molecule has 0 amide bonds. The highest BCUT2D eigenvalue weighted by Crippen LogP contribution is 2.63. The average Bonchev–Trinajstić information content (AvgIpc) is 3.30. The van der Waals surface area contributed by atoms with Crippen LogP contribution in [0.15, 0.2) is 109 Å². The number of phenols is 2. The highest BCUT2D eigenvalue weighted by Gasteiger charge is 2.60. The number of ketones is 2. The lowest BCUT2D eigenvalue weighted by Gasteiger charge is -2.39. The molecular weight excluding hydrogens is 1090 g/mol. The first-order valence-electron chi connectivity index (χ1n) is 28.5. The number of aromatic amines is 1. The first kappa shape index (κ1) is 57.9. The molecule has 0 saturated heterocycles. The SMILES string of the molecule is NC(N)c1cc2c3cc1CSSC[C@@H]1C[C@]4(/C=C/C(=O)CCc5ccc(O)c(c5)OCCc5ccc(O)c(c5)[C@H]3CC(=O)c3cc[nH]c3CC#C2)C[C@@]1(O)[C@H]1C=C[C@H]4C[C@H](C[C@H](O)CO)[C@@H]2Cc3ccccc3[C@H](CO)[C@H](CSS1)C2. The van der Waals surface area contributed by atoms with Gasteiger partial charge in [-0.1, -0.05) is 122 Å². The number of hydrogen-bond acceptors (Lipinski definition) is 15. The first-order valence-corrected chi connectivity index (χ1v) is 33.3. The second-order valence-electron chi connectivity index (χ2n) is 23.4. The van der Waals surface area contributed by atoms with Crippen LogP contribution in [0.5, 0.6) is 17.2 Å². The molecule has 81 heavy (non-hydrogen) atoms. The summed E-state index contributed by atoms with van der Waals surface area (Å²) < 4.78 is 6.24. The van der Waals surface area contributed by atoms with E-state index < -0.39 is 29.2 Å². The monoisotopic (exact) mass is 1170 g/mol. The van der Waals surface area contributed by atoms with Crippen molar-refractivity contribution in [2.75, 3.05) is 31.3 Å². The number of ether oxygens (including phenoxy) is 1. The Hall–Kier alpha value is -4.90. The van der Waals surface area contributed by atoms with Gasteiger partial charge in [0, 0.05) is 76.9 Å². The van der Waals surface area contributed by atoms with Crippen molar-refractivity contribution in [2.24, 2.45) is 46.5 Å². The molecule has 1 aromatic heterocycles. The molecule has 0 unspecified atom stereocenters. The number of H-pyrrole nitrogens is 1. The van der Waals surface area contributed by atoms with E-state index in [0.717, 1.165) is 52.1 Å². The van der Waals surface area contributed by atoms with E-state index in [2.05, 4.69) is 65.4 Å². The fraction of sp³-hybridized carbons (Fsp3) is 0.446. The number of Topliss-reactive ketones (excluding diaryl/α,β-unsaturated/α-hetero) is 1. The predicted molar refractivity (Wildman–Crippen MR) is 325 cm³/mol. The van der Waals surface area contributed by atoms with E-state index in [-0.39, 0.29) is 96.5 Å². The molecule has 11 atom stereocenters. The first-order chi connectivity index (χ1) is 39.2. The Bertz CT molecular complexity index is 3260. The Kier molecular flexibility index (Phi) is 18.0. The normalized spacial score (nSPS) is 29.6. The lowest BCUT2D eigenvalue weighted by Crippen LogP contribution is -2.43. The number of aliphatic hydroxyl groups excluding tert-OH is 3. The minimum Gasteiger partial charge on any atom is -0.508 e. The van der Waals surface area contributed by atoms with Gasteiger partial charge in [0.1, 0.15) is 5.75 Å². The quantitative estimate of drug-likeness (QED) is 0.0345. The van der Waals surface area contributed by atoms with Crippen LogP contribution in [0.25, 0.3) is 0 Å². The van der Waals surface area contributed by atoms with Crippen LogP contribution in [0, 0.1) is 46.8 Å². The van der Waals surface area contributed by atoms with E-state index in [1.807, 2.05) is 18.2 Å². The lowest BCUT2D eigenvalue weighted by atomic mass is 9.66. The summed E-state index contributed by atoms with van der Waals surface area (Å²) >= 11 is 0. The molecule has 1 spiro atoms. The second kappa shape index (κ2) is 25.1. The van der Waals surface area contributed by atoms with Gasteiger partial charge in [0.15, 0.2) is 23.1 Å². The van der Waals surface area contributed by atoms with Gasteiger partial charge >= 0.3 is 0 Å². The summed E-state index contributed by atoms with van der Waals surface area (Å²) in [5.74, 6) is 7.94. The third kappa shape index (κ3) is 12.4. The van der Waals surface area contributed by atoms with Gasteiger partial charge in [0.2, 0.25) is 0 Å². The van der Waals surface area contributed by atoms with Gasteiger partial charge in [0.25, 0.3) is 0 Å². The number of fused-ring (bicyclic) bond motifs is 16. The predicted octanol–water partition coefficient (Wildman–Crippen LogP) is 10.0. The summed E-state index contributed by atoms with van der Waals surface area (Å²) in [6.07, 6.45) is 13.5. The zero-order chi connectivity index (χ0) is 56.4. The molecule has 12 nitrogen and oxygen atoms in total. The molecule has 6 aliphatic rings. The van der Waals surface area contributed by atoms with Crippen molar-refractivity contribution in [3.05, 3.63) is 171 Å². The summed E-state index contributed by atoms with van der Waals surface area (Å²) in [5, 5.41) is 68.9. The van der Waals surface area contributed by atoms with Crippen LogP contribution in [0.3, 0.4) is 0 Å². The zero-order valence-corrected chi connectivity index (χ0v) is 48.6.